The van der Waals surface area contributed by atoms with E-state index in [4.69, 9.17) is 16.0 Å². The van der Waals surface area contributed by atoms with Crippen LogP contribution in [-0.4, -0.2) is 15.6 Å². The number of rotatable bonds is 2. The largest absolute Gasteiger partial charge is 0.416 e. The average molecular weight is 240 g/mol. The molecule has 81 valence electrons. The third kappa shape index (κ3) is 2.62. The van der Waals surface area contributed by atoms with Gasteiger partial charge in [-0.1, -0.05) is 43.1 Å². The van der Waals surface area contributed by atoms with E-state index in [1.165, 1.54) is 24.4 Å². The van der Waals surface area contributed by atoms with Crippen LogP contribution in [0.2, 0.25) is 11.1 Å². The van der Waals surface area contributed by atoms with E-state index in [0.29, 0.717) is 5.54 Å². The Morgan fingerprint density at radius 1 is 1.33 bits per heavy atom. The van der Waals surface area contributed by atoms with Gasteiger partial charge in [-0.2, -0.15) is 0 Å². The number of halogens is 1. The number of hydrogen-bond donors (Lipinski definition) is 0. The van der Waals surface area contributed by atoms with E-state index in [1.807, 2.05) is 12.1 Å². The van der Waals surface area contributed by atoms with Crippen molar-refractivity contribution in [1.82, 2.24) is 0 Å². The topological polar surface area (TPSA) is 9.23 Å². The Morgan fingerprint density at radius 2 is 2.13 bits per heavy atom. The summed E-state index contributed by atoms with van der Waals surface area (Å²) in [7, 11) is -0.685. The van der Waals surface area contributed by atoms with Crippen LogP contribution in [0.25, 0.3) is 0 Å². The first-order valence-electron chi connectivity index (χ1n) is 5.52. The SMILES string of the molecule is CC(c1ccccc1Cl)[Si]1CCCCO1. The van der Waals surface area contributed by atoms with Gasteiger partial charge in [-0.3, -0.25) is 0 Å². The average Bonchev–Trinajstić information content (AvgIpc) is 2.30. The van der Waals surface area contributed by atoms with Crippen molar-refractivity contribution in [3.8, 4) is 0 Å². The lowest BCUT2D eigenvalue weighted by Gasteiger charge is -2.26. The third-order valence-corrected chi connectivity index (χ3v) is 6.00. The second kappa shape index (κ2) is 5.15. The van der Waals surface area contributed by atoms with Gasteiger partial charge >= 0.3 is 0 Å². The fourth-order valence-electron chi connectivity index (χ4n) is 2.02. The molecule has 0 N–H and O–H groups in total. The van der Waals surface area contributed by atoms with Gasteiger partial charge in [-0.25, -0.2) is 0 Å². The molecule has 1 aromatic carbocycles. The van der Waals surface area contributed by atoms with Crippen molar-refractivity contribution in [2.75, 3.05) is 6.61 Å². The highest BCUT2D eigenvalue weighted by Crippen LogP contribution is 2.30. The summed E-state index contributed by atoms with van der Waals surface area (Å²) in [4.78, 5) is 0. The Bertz CT molecular complexity index is 323. The molecule has 3 heteroatoms. The molecule has 0 aromatic heterocycles. The van der Waals surface area contributed by atoms with Crippen molar-refractivity contribution >= 4 is 20.6 Å². The monoisotopic (exact) mass is 239 g/mol. The molecular formula is C12H16ClOSi. The van der Waals surface area contributed by atoms with Gasteiger partial charge in [0, 0.05) is 17.2 Å². The summed E-state index contributed by atoms with van der Waals surface area (Å²) in [6, 6.07) is 9.40. The van der Waals surface area contributed by atoms with Gasteiger partial charge in [-0.15, -0.1) is 0 Å². The van der Waals surface area contributed by atoms with Gasteiger partial charge in [-0.05, 0) is 24.1 Å². The predicted octanol–water partition coefficient (Wildman–Crippen LogP) is 3.78. The van der Waals surface area contributed by atoms with Crippen LogP contribution in [0.5, 0.6) is 0 Å². The van der Waals surface area contributed by atoms with Crippen LogP contribution in [0.4, 0.5) is 0 Å². The van der Waals surface area contributed by atoms with Gasteiger partial charge in [0.05, 0.1) is 0 Å². The standard InChI is InChI=1S/C12H16ClOSi/c1-10(15-9-5-4-8-14-15)11-6-2-3-7-12(11)13/h2-3,6-7,10H,4-5,8-9H2,1H3. The highest BCUT2D eigenvalue weighted by atomic mass is 35.5. The van der Waals surface area contributed by atoms with Gasteiger partial charge < -0.3 is 4.43 Å². The first-order chi connectivity index (χ1) is 7.29. The Kier molecular flexibility index (Phi) is 3.84. The molecule has 1 aliphatic heterocycles. The lowest BCUT2D eigenvalue weighted by molar-refractivity contribution is 0.281. The number of benzene rings is 1. The van der Waals surface area contributed by atoms with E-state index in [0.717, 1.165) is 11.6 Å². The van der Waals surface area contributed by atoms with Crippen molar-refractivity contribution in [2.24, 2.45) is 0 Å². The van der Waals surface area contributed by atoms with E-state index in [2.05, 4.69) is 19.1 Å². The van der Waals surface area contributed by atoms with Crippen LogP contribution in [0, 0.1) is 0 Å². The molecule has 1 radical (unpaired) electrons. The van der Waals surface area contributed by atoms with Crippen molar-refractivity contribution in [1.29, 1.82) is 0 Å². The molecule has 0 amide bonds. The van der Waals surface area contributed by atoms with Crippen molar-refractivity contribution in [3.05, 3.63) is 34.9 Å². The number of hydrogen-bond acceptors (Lipinski definition) is 1. The first-order valence-corrected chi connectivity index (χ1v) is 7.59. The molecule has 15 heavy (non-hydrogen) atoms. The summed E-state index contributed by atoms with van der Waals surface area (Å²) in [6.45, 7) is 3.20. The van der Waals surface area contributed by atoms with Crippen LogP contribution in [0.3, 0.4) is 0 Å². The fourth-order valence-corrected chi connectivity index (χ4v) is 4.84. The van der Waals surface area contributed by atoms with E-state index in [1.54, 1.807) is 0 Å². The molecule has 1 fully saturated rings. The highest BCUT2D eigenvalue weighted by molar-refractivity contribution is 6.54. The summed E-state index contributed by atoms with van der Waals surface area (Å²) < 4.78 is 5.89. The molecule has 1 nitrogen and oxygen atoms in total. The molecular weight excluding hydrogens is 224 g/mol. The Morgan fingerprint density at radius 3 is 2.80 bits per heavy atom. The quantitative estimate of drug-likeness (QED) is 0.714. The second-order valence-electron chi connectivity index (χ2n) is 4.02. The van der Waals surface area contributed by atoms with Gasteiger partial charge in [0.2, 0.25) is 9.04 Å². The maximum absolute atomic E-state index is 6.20. The van der Waals surface area contributed by atoms with Gasteiger partial charge in [0.1, 0.15) is 0 Å². The second-order valence-corrected chi connectivity index (χ2v) is 7.01. The van der Waals surface area contributed by atoms with Gasteiger partial charge in [0.15, 0.2) is 0 Å². The molecule has 0 aliphatic carbocycles. The Hall–Kier alpha value is -0.313. The summed E-state index contributed by atoms with van der Waals surface area (Å²) in [5.41, 5.74) is 1.76. The zero-order valence-corrected chi connectivity index (χ0v) is 10.8. The molecule has 2 rings (SSSR count). The minimum Gasteiger partial charge on any atom is -0.416 e. The molecule has 1 aliphatic rings. The lowest BCUT2D eigenvalue weighted by atomic mass is 10.2. The predicted molar refractivity (Wildman–Crippen MR) is 65.6 cm³/mol. The third-order valence-electron chi connectivity index (χ3n) is 2.96. The van der Waals surface area contributed by atoms with Crippen molar-refractivity contribution in [2.45, 2.75) is 31.4 Å². The molecule has 1 saturated heterocycles. The normalized spacial score (nSPS) is 20.1. The van der Waals surface area contributed by atoms with Crippen LogP contribution >= 0.6 is 11.6 Å². The summed E-state index contributed by atoms with van der Waals surface area (Å²) in [6.07, 6.45) is 2.55. The molecule has 0 bridgehead atoms. The van der Waals surface area contributed by atoms with E-state index in [9.17, 15) is 0 Å². The summed E-state index contributed by atoms with van der Waals surface area (Å²) in [5, 5.41) is 0.886. The highest BCUT2D eigenvalue weighted by Gasteiger charge is 2.26. The van der Waals surface area contributed by atoms with E-state index >= 15 is 0 Å². The molecule has 1 aromatic rings. The van der Waals surface area contributed by atoms with Crippen molar-refractivity contribution in [3.63, 3.8) is 0 Å². The minimum atomic E-state index is -0.685. The van der Waals surface area contributed by atoms with Crippen LogP contribution in [-0.2, 0) is 4.43 Å². The van der Waals surface area contributed by atoms with Crippen molar-refractivity contribution < 1.29 is 4.43 Å². The Labute approximate surface area is 98.1 Å². The van der Waals surface area contributed by atoms with E-state index < -0.39 is 9.04 Å². The summed E-state index contributed by atoms with van der Waals surface area (Å²) in [5.74, 6) is 0. The zero-order valence-electron chi connectivity index (χ0n) is 9.00. The maximum Gasteiger partial charge on any atom is 0.218 e. The smallest absolute Gasteiger partial charge is 0.218 e. The van der Waals surface area contributed by atoms with Crippen LogP contribution in [0.1, 0.15) is 30.9 Å². The zero-order chi connectivity index (χ0) is 10.7. The summed E-state index contributed by atoms with van der Waals surface area (Å²) >= 11 is 6.20. The van der Waals surface area contributed by atoms with Crippen LogP contribution < -0.4 is 0 Å². The minimum absolute atomic E-state index is 0.504. The molecule has 1 unspecified atom stereocenters. The molecule has 0 saturated carbocycles. The molecule has 1 atom stereocenters. The molecule has 1 heterocycles. The fraction of sp³-hybridized carbons (Fsp3) is 0.500. The van der Waals surface area contributed by atoms with Crippen LogP contribution in [0.15, 0.2) is 24.3 Å². The van der Waals surface area contributed by atoms with E-state index in [-0.39, 0.29) is 0 Å². The lowest BCUT2D eigenvalue weighted by Crippen LogP contribution is -2.29. The first kappa shape index (κ1) is 11.2. The van der Waals surface area contributed by atoms with Gasteiger partial charge in [0.25, 0.3) is 0 Å². The maximum atomic E-state index is 6.20. The molecule has 0 spiro atoms. The Balaban J connectivity index is 2.12.